The summed E-state index contributed by atoms with van der Waals surface area (Å²) in [7, 11) is 17.5. The van der Waals surface area contributed by atoms with Crippen LogP contribution < -0.4 is 0 Å². The second kappa shape index (κ2) is 12.2. The van der Waals surface area contributed by atoms with Gasteiger partial charge in [0.05, 0.1) is 0 Å². The van der Waals surface area contributed by atoms with Crippen LogP contribution in [0.5, 0.6) is 0 Å². The fourth-order valence-electron chi connectivity index (χ4n) is 8.65. The third-order valence-corrected chi connectivity index (χ3v) is 62.9. The normalized spacial score (nSPS) is 18.5. The summed E-state index contributed by atoms with van der Waals surface area (Å²) in [6.07, 6.45) is 5.02. The first-order valence-corrected chi connectivity index (χ1v) is 33.4. The molecule has 4 aromatic carbocycles. The molecule has 0 bridgehead atoms. The number of fused-ring (bicyclic) bond motifs is 2. The molecule has 0 aromatic heterocycles. The molecule has 2 unspecified atom stereocenters. The van der Waals surface area contributed by atoms with Crippen molar-refractivity contribution in [3.63, 3.8) is 0 Å². The molecule has 0 N–H and O–H groups in total. The molecule has 4 aromatic rings. The van der Waals surface area contributed by atoms with Crippen molar-refractivity contribution in [3.05, 3.63) is 128 Å². The third kappa shape index (κ3) is 5.08. The van der Waals surface area contributed by atoms with Crippen LogP contribution in [0.4, 0.5) is 0 Å². The van der Waals surface area contributed by atoms with E-state index in [0.717, 1.165) is 0 Å². The second-order valence-electron chi connectivity index (χ2n) is 15.0. The zero-order chi connectivity index (χ0) is 33.3. The quantitative estimate of drug-likeness (QED) is 0.165. The fourth-order valence-corrected chi connectivity index (χ4v) is 40.1. The molecular formula is C42H49Cl2SiZr. The van der Waals surface area contributed by atoms with Crippen LogP contribution in [0.2, 0.25) is 13.1 Å². The maximum absolute atomic E-state index is 8.77. The predicted octanol–water partition coefficient (Wildman–Crippen LogP) is 13.1. The van der Waals surface area contributed by atoms with Crippen LogP contribution in [0.15, 0.2) is 83.9 Å². The van der Waals surface area contributed by atoms with Crippen molar-refractivity contribution < 1.29 is 15.6 Å². The Hall–Kier alpha value is -1.96. The van der Waals surface area contributed by atoms with Gasteiger partial charge >= 0.3 is 289 Å². The summed E-state index contributed by atoms with van der Waals surface area (Å²) in [5.74, 6) is -0.981. The summed E-state index contributed by atoms with van der Waals surface area (Å²) in [4.78, 5) is 0. The molecule has 2 atom stereocenters. The first-order chi connectivity index (χ1) is 21.7. The molecule has 46 heavy (non-hydrogen) atoms. The average Bonchev–Trinajstić information content (AvgIpc) is 3.59. The van der Waals surface area contributed by atoms with E-state index in [1.54, 1.807) is 0 Å². The van der Waals surface area contributed by atoms with Gasteiger partial charge in [0, 0.05) is 0 Å². The Kier molecular flexibility index (Phi) is 8.98. The van der Waals surface area contributed by atoms with Gasteiger partial charge in [-0.25, -0.2) is 0 Å². The number of hydrogen-bond acceptors (Lipinski definition) is 0. The number of allylic oxidation sites excluding steroid dienone is 2. The van der Waals surface area contributed by atoms with Crippen LogP contribution in [-0.2, 0) is 15.6 Å². The summed E-state index contributed by atoms with van der Waals surface area (Å²) in [6, 6.07) is 27.1. The minimum absolute atomic E-state index is 0.0797. The van der Waals surface area contributed by atoms with Gasteiger partial charge in [0.25, 0.3) is 0 Å². The van der Waals surface area contributed by atoms with Gasteiger partial charge in [0.15, 0.2) is 0 Å². The molecule has 0 heterocycles. The molecule has 0 saturated heterocycles. The third-order valence-electron chi connectivity index (χ3n) is 11.3. The minimum atomic E-state index is -4.90. The fraction of sp³-hybridized carbons (Fsp3) is 0.333. The van der Waals surface area contributed by atoms with Gasteiger partial charge in [-0.1, -0.05) is 0 Å². The molecule has 4 heteroatoms. The Morgan fingerprint density at radius 1 is 0.543 bits per heavy atom. The molecule has 0 fully saturated rings. The van der Waals surface area contributed by atoms with E-state index >= 15 is 0 Å². The average molecular weight is 744 g/mol. The Labute approximate surface area is 286 Å². The number of benzene rings is 4. The molecule has 239 valence electrons. The van der Waals surface area contributed by atoms with Crippen LogP contribution >= 0.6 is 17.0 Å². The van der Waals surface area contributed by atoms with Crippen molar-refractivity contribution in [3.8, 4) is 22.3 Å². The van der Waals surface area contributed by atoms with Gasteiger partial charge in [0.2, 0.25) is 0 Å². The Morgan fingerprint density at radius 3 is 1.24 bits per heavy atom. The summed E-state index contributed by atoms with van der Waals surface area (Å²) in [6.45, 7) is 23.3. The standard InChI is InChI=1S/2C20H21.C2H7Si.2ClH.Zr/c2*1-13(2)17-11-16-10-9-15(4)20(19(16)12-17)18-8-6-5-7-14(18)3;1-3-2;;;/h2*5-13H,1-4H3;3H,1-2H3;2*1H;/q;;;;;+2/p-2. The SMILES string of the molecule is Cc1ccccc1-c1c(C)ccc2c1C=C(C(C)C)[CH]2[Zr]([Cl])([Cl])([CH]1C(C(C)C)=Cc2c1ccc(C)c2-c1ccccc1C)[SiH](C)C. The van der Waals surface area contributed by atoms with E-state index in [0.29, 0.717) is 11.8 Å². The number of halogens is 2. The van der Waals surface area contributed by atoms with E-state index < -0.39 is 21.5 Å². The summed E-state index contributed by atoms with van der Waals surface area (Å²) < 4.78 is 0.159. The first kappa shape index (κ1) is 33.9. The molecule has 0 amide bonds. The number of aryl methyl sites for hydroxylation is 4. The second-order valence-corrected chi connectivity index (χ2v) is 57.5. The molecule has 2 aliphatic carbocycles. The summed E-state index contributed by atoms with van der Waals surface area (Å²) in [5, 5.41) is 0. The Bertz CT molecular complexity index is 1790. The van der Waals surface area contributed by atoms with E-state index in [1.165, 1.54) is 77.9 Å². The van der Waals surface area contributed by atoms with E-state index in [4.69, 9.17) is 17.0 Å². The van der Waals surface area contributed by atoms with Crippen LogP contribution in [0, 0.1) is 39.5 Å². The van der Waals surface area contributed by atoms with Crippen LogP contribution in [0.3, 0.4) is 0 Å². The van der Waals surface area contributed by atoms with Crippen LogP contribution in [-0.4, -0.2) is 5.92 Å². The van der Waals surface area contributed by atoms with E-state index in [2.05, 4.69) is 153 Å². The van der Waals surface area contributed by atoms with E-state index in [9.17, 15) is 0 Å². The van der Waals surface area contributed by atoms with Gasteiger partial charge in [-0.05, 0) is 0 Å². The summed E-state index contributed by atoms with van der Waals surface area (Å²) in [5.41, 5.74) is 18.8. The van der Waals surface area contributed by atoms with Crippen molar-refractivity contribution in [1.82, 2.24) is 0 Å². The van der Waals surface area contributed by atoms with E-state index in [1.807, 2.05) is 0 Å². The topological polar surface area (TPSA) is 0 Å². The van der Waals surface area contributed by atoms with Crippen molar-refractivity contribution in [2.45, 2.75) is 75.7 Å². The molecule has 6 rings (SSSR count). The van der Waals surface area contributed by atoms with Gasteiger partial charge in [-0.3, -0.25) is 0 Å². The van der Waals surface area contributed by atoms with Gasteiger partial charge in [-0.15, -0.1) is 0 Å². The maximum atomic E-state index is 8.77. The molecule has 2 aliphatic rings. The molecule has 0 spiro atoms. The van der Waals surface area contributed by atoms with Crippen molar-refractivity contribution in [2.24, 2.45) is 11.8 Å². The van der Waals surface area contributed by atoms with Gasteiger partial charge in [-0.2, -0.15) is 0 Å². The Balaban J connectivity index is 1.67. The van der Waals surface area contributed by atoms with Crippen molar-refractivity contribution in [2.75, 3.05) is 0 Å². The molecule has 0 radical (unpaired) electrons. The summed E-state index contributed by atoms with van der Waals surface area (Å²) >= 11 is -4.90. The molecule has 0 saturated carbocycles. The predicted molar refractivity (Wildman–Crippen MR) is 204 cm³/mol. The van der Waals surface area contributed by atoms with Crippen molar-refractivity contribution in [1.29, 1.82) is 0 Å². The van der Waals surface area contributed by atoms with Crippen molar-refractivity contribution >= 4 is 35.1 Å². The molecule has 0 nitrogen and oxygen atoms in total. The zero-order valence-electron chi connectivity index (χ0n) is 29.2. The van der Waals surface area contributed by atoms with Crippen LogP contribution in [0.25, 0.3) is 34.4 Å². The van der Waals surface area contributed by atoms with Gasteiger partial charge in [0.1, 0.15) is 0 Å². The number of hydrogen-bond donors (Lipinski definition) is 0. The Morgan fingerprint density at radius 2 is 0.913 bits per heavy atom. The zero-order valence-corrected chi connectivity index (χ0v) is 34.4. The molecule has 0 aliphatic heterocycles. The first-order valence-electron chi connectivity index (χ1n) is 17.1. The monoisotopic (exact) mass is 741 g/mol. The van der Waals surface area contributed by atoms with E-state index in [-0.39, 0.29) is 7.25 Å². The van der Waals surface area contributed by atoms with Crippen LogP contribution in [0.1, 0.15) is 79.5 Å². The number of rotatable bonds is 7. The van der Waals surface area contributed by atoms with Gasteiger partial charge < -0.3 is 0 Å². The molecular weight excluding hydrogens is 695 g/mol.